The fourth-order valence-electron chi connectivity index (χ4n) is 3.06. The lowest BCUT2D eigenvalue weighted by molar-refractivity contribution is 0.207. The van der Waals surface area contributed by atoms with Crippen molar-refractivity contribution in [3.8, 4) is 0 Å². The molecule has 0 aromatic heterocycles. The zero-order valence-electron chi connectivity index (χ0n) is 13.7. The molecule has 0 aliphatic rings. The first-order valence-corrected chi connectivity index (χ1v) is 9.65. The van der Waals surface area contributed by atoms with Gasteiger partial charge in [-0.15, -0.1) is 0 Å². The first-order chi connectivity index (χ1) is 7.60. The lowest BCUT2D eigenvalue weighted by atomic mass is 9.75. The van der Waals surface area contributed by atoms with E-state index in [2.05, 4.69) is 55.4 Å². The summed E-state index contributed by atoms with van der Waals surface area (Å²) in [5.74, 6) is 5.75. The minimum atomic E-state index is -0.299. The van der Waals surface area contributed by atoms with Gasteiger partial charge >= 0.3 is 0 Å². The Hall–Kier alpha value is 0.350. The van der Waals surface area contributed by atoms with Crippen molar-refractivity contribution in [3.05, 3.63) is 0 Å². The van der Waals surface area contributed by atoms with Gasteiger partial charge in [-0.3, -0.25) is 0 Å². The van der Waals surface area contributed by atoms with Crippen molar-refractivity contribution in [3.63, 3.8) is 0 Å². The van der Waals surface area contributed by atoms with Crippen LogP contribution in [0.2, 0.25) is 0 Å². The monoisotopic (exact) mass is 260 g/mol. The van der Waals surface area contributed by atoms with Crippen molar-refractivity contribution < 1.29 is 0 Å². The molecule has 0 spiro atoms. The average molecular weight is 261 g/mol. The van der Waals surface area contributed by atoms with Crippen molar-refractivity contribution >= 4 is 10.0 Å². The van der Waals surface area contributed by atoms with Gasteiger partial charge in [-0.1, -0.05) is 55.4 Å². The van der Waals surface area contributed by atoms with Crippen molar-refractivity contribution in [1.82, 2.24) is 0 Å². The second-order valence-electron chi connectivity index (χ2n) is 7.45. The smallest absolute Gasteiger partial charge is 0.0223 e. The summed E-state index contributed by atoms with van der Waals surface area (Å²) in [6.45, 7) is 19.2. The van der Waals surface area contributed by atoms with Gasteiger partial charge in [-0.2, -0.15) is 0 Å². The Morgan fingerprint density at radius 3 is 1.47 bits per heavy atom. The Balaban J connectivity index is 4.43. The van der Waals surface area contributed by atoms with E-state index in [1.807, 2.05) is 0 Å². The minimum Gasteiger partial charge on any atom is -0.242 e. The van der Waals surface area contributed by atoms with E-state index in [9.17, 15) is 0 Å². The molecule has 0 bridgehead atoms. The first kappa shape index (κ1) is 17.4. The lowest BCUT2D eigenvalue weighted by Gasteiger charge is -2.41. The fourth-order valence-corrected chi connectivity index (χ4v) is 6.14. The van der Waals surface area contributed by atoms with Gasteiger partial charge in [-0.25, -0.2) is 10.0 Å². The van der Waals surface area contributed by atoms with Gasteiger partial charge in [0.2, 0.25) is 0 Å². The molecule has 0 saturated carbocycles. The van der Waals surface area contributed by atoms with Crippen LogP contribution in [0.5, 0.6) is 0 Å². The van der Waals surface area contributed by atoms with E-state index < -0.39 is 0 Å². The van der Waals surface area contributed by atoms with Crippen molar-refractivity contribution in [2.75, 3.05) is 23.0 Å². The highest BCUT2D eigenvalue weighted by molar-refractivity contribution is 8.33. The van der Waals surface area contributed by atoms with E-state index in [1.165, 1.54) is 35.9 Å². The van der Waals surface area contributed by atoms with Crippen LogP contribution in [0, 0.1) is 10.8 Å². The largest absolute Gasteiger partial charge is 0.242 e. The van der Waals surface area contributed by atoms with Crippen LogP contribution in [0.4, 0.5) is 0 Å². The second-order valence-corrected chi connectivity index (χ2v) is 12.0. The van der Waals surface area contributed by atoms with Crippen molar-refractivity contribution in [2.24, 2.45) is 10.8 Å². The van der Waals surface area contributed by atoms with Gasteiger partial charge in [0.1, 0.15) is 0 Å². The topological polar surface area (TPSA) is 0 Å². The number of rotatable bonds is 7. The van der Waals surface area contributed by atoms with E-state index >= 15 is 0 Å². The molecule has 0 heterocycles. The highest BCUT2D eigenvalue weighted by Gasteiger charge is 2.28. The molecular weight excluding hydrogens is 224 g/mol. The molecule has 0 nitrogen and oxygen atoms in total. The Bertz CT molecular complexity index is 198. The molecule has 1 heteroatoms. The van der Waals surface area contributed by atoms with E-state index in [-0.39, 0.29) is 10.0 Å². The Labute approximate surface area is 112 Å². The maximum atomic E-state index is 2.46. The Morgan fingerprint density at radius 2 is 1.18 bits per heavy atom. The van der Waals surface area contributed by atoms with E-state index in [4.69, 9.17) is 0 Å². The number of hydrogen-bond donors (Lipinski definition) is 0. The van der Waals surface area contributed by atoms with Crippen molar-refractivity contribution in [1.29, 1.82) is 0 Å². The highest BCUT2D eigenvalue weighted by atomic mass is 32.3. The molecule has 17 heavy (non-hydrogen) atoms. The first-order valence-electron chi connectivity index (χ1n) is 7.34. The van der Waals surface area contributed by atoms with Gasteiger partial charge in [-0.05, 0) is 46.7 Å². The molecule has 0 atom stereocenters. The Kier molecular flexibility index (Phi) is 6.63. The molecule has 0 saturated heterocycles. The summed E-state index contributed by atoms with van der Waals surface area (Å²) < 4.78 is 0. The van der Waals surface area contributed by atoms with Crippen LogP contribution in [0.25, 0.3) is 0 Å². The third kappa shape index (κ3) is 6.74. The van der Waals surface area contributed by atoms with Crippen LogP contribution in [-0.2, 0) is 0 Å². The quantitative estimate of drug-likeness (QED) is 0.550. The zero-order chi connectivity index (χ0) is 13.7. The molecule has 0 aromatic carbocycles. The molecule has 0 fully saturated rings. The minimum absolute atomic E-state index is 0.299. The summed E-state index contributed by atoms with van der Waals surface area (Å²) in [5.41, 5.74) is 0.974. The maximum absolute atomic E-state index is 2.46. The van der Waals surface area contributed by atoms with E-state index in [0.717, 1.165) is 0 Å². The summed E-state index contributed by atoms with van der Waals surface area (Å²) in [7, 11) is -0.299. The molecule has 0 aliphatic heterocycles. The van der Waals surface area contributed by atoms with Crippen LogP contribution in [0.15, 0.2) is 0 Å². The summed E-state index contributed by atoms with van der Waals surface area (Å²) >= 11 is 0. The van der Waals surface area contributed by atoms with Gasteiger partial charge in [0.05, 0.1) is 0 Å². The molecular formula is C16H36S. The summed E-state index contributed by atoms with van der Waals surface area (Å²) in [6.07, 6.45) is 2.75. The molecule has 106 valence electrons. The van der Waals surface area contributed by atoms with Crippen molar-refractivity contribution in [2.45, 2.75) is 68.2 Å². The van der Waals surface area contributed by atoms with Crippen LogP contribution < -0.4 is 0 Å². The van der Waals surface area contributed by atoms with E-state index in [1.54, 1.807) is 0 Å². The van der Waals surface area contributed by atoms with Crippen LogP contribution in [0.1, 0.15) is 68.2 Å². The summed E-state index contributed by atoms with van der Waals surface area (Å²) in [6, 6.07) is 0. The molecule has 0 rings (SSSR count). The molecule has 0 N–H and O–H groups in total. The highest BCUT2D eigenvalue weighted by Crippen LogP contribution is 2.50. The average Bonchev–Trinajstić information content (AvgIpc) is 2.17. The van der Waals surface area contributed by atoms with Crippen LogP contribution in [0.3, 0.4) is 0 Å². The number of hydrogen-bond acceptors (Lipinski definition) is 0. The molecule has 0 unspecified atom stereocenters. The normalized spacial score (nSPS) is 15.1. The molecule has 0 radical (unpaired) electrons. The maximum Gasteiger partial charge on any atom is -0.0223 e. The van der Waals surface area contributed by atoms with Gasteiger partial charge in [0, 0.05) is 0 Å². The third-order valence-corrected chi connectivity index (χ3v) is 8.80. The van der Waals surface area contributed by atoms with Crippen LogP contribution >= 0.6 is 10.0 Å². The fraction of sp³-hybridized carbons (Fsp3) is 1.00. The predicted octanol–water partition coefficient (Wildman–Crippen LogP) is 5.70. The summed E-state index contributed by atoms with van der Waals surface area (Å²) in [5, 5.41) is 0. The van der Waals surface area contributed by atoms with Gasteiger partial charge in [0.15, 0.2) is 0 Å². The molecule has 0 aromatic rings. The Morgan fingerprint density at radius 1 is 0.765 bits per heavy atom. The SMILES string of the molecule is CCS(CC)(CC)CCC(C)(C)CC(C)(C)C. The van der Waals surface area contributed by atoms with E-state index in [0.29, 0.717) is 10.8 Å². The summed E-state index contributed by atoms with van der Waals surface area (Å²) in [4.78, 5) is 0. The molecule has 0 aliphatic carbocycles. The second kappa shape index (κ2) is 6.50. The zero-order valence-corrected chi connectivity index (χ0v) is 14.5. The predicted molar refractivity (Wildman–Crippen MR) is 86.6 cm³/mol. The third-order valence-electron chi connectivity index (χ3n) is 4.06. The van der Waals surface area contributed by atoms with Gasteiger partial charge < -0.3 is 0 Å². The lowest BCUT2D eigenvalue weighted by Crippen LogP contribution is -2.24. The molecule has 0 amide bonds. The van der Waals surface area contributed by atoms with Crippen LogP contribution in [-0.4, -0.2) is 23.0 Å². The standard InChI is InChI=1S/C16H36S/c1-9-17(10-2,11-3)13-12-16(7,8)14-15(4,5)6/h9-14H2,1-8H3. The van der Waals surface area contributed by atoms with Gasteiger partial charge in [0.25, 0.3) is 0 Å².